The van der Waals surface area contributed by atoms with Crippen molar-refractivity contribution in [1.82, 2.24) is 0 Å². The Bertz CT molecular complexity index is 347. The molecule has 1 aromatic rings. The third kappa shape index (κ3) is 2.00. The van der Waals surface area contributed by atoms with Crippen LogP contribution >= 0.6 is 0 Å². The van der Waals surface area contributed by atoms with E-state index in [1.54, 1.807) is 0 Å². The summed E-state index contributed by atoms with van der Waals surface area (Å²) in [6, 6.07) is 7.90. The number of benzene rings is 1. The van der Waals surface area contributed by atoms with Crippen LogP contribution in [0.4, 0.5) is 0 Å². The zero-order valence-electron chi connectivity index (χ0n) is 8.78. The van der Waals surface area contributed by atoms with Gasteiger partial charge in [-0.05, 0) is 49.3 Å². The van der Waals surface area contributed by atoms with E-state index in [0.29, 0.717) is 0 Å². The first kappa shape index (κ1) is 9.22. The number of ether oxygens (including phenoxy) is 1. The van der Waals surface area contributed by atoms with Gasteiger partial charge in [-0.3, -0.25) is 0 Å². The second-order valence-electron chi connectivity index (χ2n) is 4.81. The summed E-state index contributed by atoms with van der Waals surface area (Å²) >= 11 is 0. The van der Waals surface area contributed by atoms with Crippen LogP contribution in [0.5, 0.6) is 5.75 Å². The molecule has 2 aliphatic rings. The third-order valence-corrected chi connectivity index (χ3v) is 3.30. The van der Waals surface area contributed by atoms with Gasteiger partial charge in [0.1, 0.15) is 5.75 Å². The fourth-order valence-corrected chi connectivity index (χ4v) is 1.77. The molecule has 0 aliphatic heterocycles. The summed E-state index contributed by atoms with van der Waals surface area (Å²) in [5.74, 6) is 1.71. The standard InChI is InChI=1S/C13H16O2/c14-13(7-8-13)11-3-5-12(6-4-11)15-9-10-1-2-10/h3-6,10,14H,1-2,7-9H2. The summed E-state index contributed by atoms with van der Waals surface area (Å²) in [5.41, 5.74) is 0.510. The zero-order valence-corrected chi connectivity index (χ0v) is 8.78. The van der Waals surface area contributed by atoms with Gasteiger partial charge < -0.3 is 9.84 Å². The first-order chi connectivity index (χ1) is 7.26. The fraction of sp³-hybridized carbons (Fsp3) is 0.538. The summed E-state index contributed by atoms with van der Waals surface area (Å²) in [7, 11) is 0. The van der Waals surface area contributed by atoms with Crippen molar-refractivity contribution in [3.63, 3.8) is 0 Å². The minimum Gasteiger partial charge on any atom is -0.493 e. The van der Waals surface area contributed by atoms with Gasteiger partial charge in [-0.15, -0.1) is 0 Å². The molecule has 0 amide bonds. The maximum atomic E-state index is 9.88. The van der Waals surface area contributed by atoms with Crippen LogP contribution in [0.15, 0.2) is 24.3 Å². The molecular weight excluding hydrogens is 188 g/mol. The third-order valence-electron chi connectivity index (χ3n) is 3.30. The first-order valence-corrected chi connectivity index (χ1v) is 5.72. The Morgan fingerprint density at radius 3 is 2.40 bits per heavy atom. The van der Waals surface area contributed by atoms with Gasteiger partial charge in [-0.1, -0.05) is 12.1 Å². The van der Waals surface area contributed by atoms with Crippen molar-refractivity contribution >= 4 is 0 Å². The predicted octanol–water partition coefficient (Wildman–Crippen LogP) is 2.46. The van der Waals surface area contributed by atoms with E-state index in [1.807, 2.05) is 24.3 Å². The van der Waals surface area contributed by atoms with Gasteiger partial charge in [0.2, 0.25) is 0 Å². The second-order valence-corrected chi connectivity index (χ2v) is 4.81. The molecule has 15 heavy (non-hydrogen) atoms. The smallest absolute Gasteiger partial charge is 0.119 e. The van der Waals surface area contributed by atoms with E-state index in [-0.39, 0.29) is 0 Å². The van der Waals surface area contributed by atoms with Crippen LogP contribution in [0.3, 0.4) is 0 Å². The monoisotopic (exact) mass is 204 g/mol. The van der Waals surface area contributed by atoms with Crippen LogP contribution in [0.25, 0.3) is 0 Å². The van der Waals surface area contributed by atoms with E-state index in [2.05, 4.69) is 0 Å². The summed E-state index contributed by atoms with van der Waals surface area (Å²) in [6.45, 7) is 0.851. The lowest BCUT2D eigenvalue weighted by atomic mass is 10.1. The minimum atomic E-state index is -0.519. The predicted molar refractivity (Wildman–Crippen MR) is 57.8 cm³/mol. The summed E-state index contributed by atoms with van der Waals surface area (Å²) < 4.78 is 5.64. The van der Waals surface area contributed by atoms with Gasteiger partial charge in [0.25, 0.3) is 0 Å². The van der Waals surface area contributed by atoms with Crippen molar-refractivity contribution in [2.75, 3.05) is 6.61 Å². The normalized spacial score (nSPS) is 22.5. The van der Waals surface area contributed by atoms with Crippen molar-refractivity contribution in [3.05, 3.63) is 29.8 Å². The van der Waals surface area contributed by atoms with Crippen LogP contribution in [0.2, 0.25) is 0 Å². The lowest BCUT2D eigenvalue weighted by Gasteiger charge is -2.09. The maximum absolute atomic E-state index is 9.88. The molecule has 0 atom stereocenters. The van der Waals surface area contributed by atoms with Gasteiger partial charge >= 0.3 is 0 Å². The molecule has 0 saturated heterocycles. The SMILES string of the molecule is OC1(c2ccc(OCC3CC3)cc2)CC1. The molecule has 80 valence electrons. The molecule has 2 saturated carbocycles. The van der Waals surface area contributed by atoms with E-state index >= 15 is 0 Å². The minimum absolute atomic E-state index is 0.519. The molecule has 3 rings (SSSR count). The second kappa shape index (κ2) is 3.24. The fourth-order valence-electron chi connectivity index (χ4n) is 1.77. The summed E-state index contributed by atoms with van der Waals surface area (Å²) in [6.07, 6.45) is 4.43. The van der Waals surface area contributed by atoms with Crippen molar-refractivity contribution in [1.29, 1.82) is 0 Å². The number of aliphatic hydroxyl groups is 1. The highest BCUT2D eigenvalue weighted by Crippen LogP contribution is 2.45. The Hall–Kier alpha value is -1.02. The molecule has 1 N–H and O–H groups in total. The van der Waals surface area contributed by atoms with E-state index in [0.717, 1.165) is 36.7 Å². The van der Waals surface area contributed by atoms with Crippen LogP contribution in [0, 0.1) is 5.92 Å². The lowest BCUT2D eigenvalue weighted by molar-refractivity contribution is 0.151. The highest BCUT2D eigenvalue weighted by molar-refractivity contribution is 5.33. The van der Waals surface area contributed by atoms with Gasteiger partial charge in [0.05, 0.1) is 12.2 Å². The average Bonchev–Trinajstić information content (AvgIpc) is 3.13. The van der Waals surface area contributed by atoms with Gasteiger partial charge in [0.15, 0.2) is 0 Å². The zero-order chi connectivity index (χ0) is 10.3. The molecule has 0 spiro atoms. The Morgan fingerprint density at radius 1 is 1.20 bits per heavy atom. The van der Waals surface area contributed by atoms with Crippen LogP contribution in [-0.2, 0) is 5.60 Å². The van der Waals surface area contributed by atoms with E-state index < -0.39 is 5.60 Å². The summed E-state index contributed by atoms with van der Waals surface area (Å²) in [5, 5.41) is 9.88. The first-order valence-electron chi connectivity index (χ1n) is 5.72. The summed E-state index contributed by atoms with van der Waals surface area (Å²) in [4.78, 5) is 0. The van der Waals surface area contributed by atoms with Crippen molar-refractivity contribution < 1.29 is 9.84 Å². The Balaban J connectivity index is 1.64. The molecule has 2 nitrogen and oxygen atoms in total. The molecule has 0 bridgehead atoms. The van der Waals surface area contributed by atoms with Crippen molar-refractivity contribution in [2.24, 2.45) is 5.92 Å². The van der Waals surface area contributed by atoms with E-state index in [1.165, 1.54) is 12.8 Å². The number of hydrogen-bond donors (Lipinski definition) is 1. The molecule has 0 unspecified atom stereocenters. The molecule has 0 aromatic heterocycles. The molecule has 2 fully saturated rings. The van der Waals surface area contributed by atoms with E-state index in [4.69, 9.17) is 4.74 Å². The maximum Gasteiger partial charge on any atom is 0.119 e. The van der Waals surface area contributed by atoms with Crippen LogP contribution in [0.1, 0.15) is 31.2 Å². The Kier molecular flexibility index (Phi) is 1.99. The van der Waals surface area contributed by atoms with Crippen molar-refractivity contribution in [3.8, 4) is 5.75 Å². The molecule has 0 radical (unpaired) electrons. The lowest BCUT2D eigenvalue weighted by Crippen LogP contribution is -2.04. The van der Waals surface area contributed by atoms with Gasteiger partial charge in [-0.25, -0.2) is 0 Å². The molecule has 0 heterocycles. The molecule has 2 aliphatic carbocycles. The molecule has 2 heteroatoms. The number of hydrogen-bond acceptors (Lipinski definition) is 2. The quantitative estimate of drug-likeness (QED) is 0.816. The van der Waals surface area contributed by atoms with Crippen LogP contribution < -0.4 is 4.74 Å². The van der Waals surface area contributed by atoms with Crippen LogP contribution in [-0.4, -0.2) is 11.7 Å². The Labute approximate surface area is 89.9 Å². The molecular formula is C13H16O2. The largest absolute Gasteiger partial charge is 0.493 e. The Morgan fingerprint density at radius 2 is 1.87 bits per heavy atom. The number of rotatable bonds is 4. The van der Waals surface area contributed by atoms with E-state index in [9.17, 15) is 5.11 Å². The topological polar surface area (TPSA) is 29.5 Å². The van der Waals surface area contributed by atoms with Gasteiger partial charge in [0, 0.05) is 0 Å². The highest BCUT2D eigenvalue weighted by atomic mass is 16.5. The van der Waals surface area contributed by atoms with Gasteiger partial charge in [-0.2, -0.15) is 0 Å². The van der Waals surface area contributed by atoms with Crippen molar-refractivity contribution in [2.45, 2.75) is 31.3 Å². The average molecular weight is 204 g/mol. The highest BCUT2D eigenvalue weighted by Gasteiger charge is 2.41. The molecule has 1 aromatic carbocycles.